The van der Waals surface area contributed by atoms with Gasteiger partial charge in [-0.15, -0.1) is 0 Å². The molecule has 1 heterocycles. The summed E-state index contributed by atoms with van der Waals surface area (Å²) in [5.74, 6) is 0. The summed E-state index contributed by atoms with van der Waals surface area (Å²) in [6.07, 6.45) is 1.73. The third-order valence-corrected chi connectivity index (χ3v) is 3.42. The second kappa shape index (κ2) is 8.16. The maximum Gasteiger partial charge on any atom is 0.353 e. The van der Waals surface area contributed by atoms with Crippen LogP contribution in [0, 0.1) is 0 Å². The van der Waals surface area contributed by atoms with E-state index < -0.39 is 0 Å². The summed E-state index contributed by atoms with van der Waals surface area (Å²) in [6.45, 7) is 1.28. The van der Waals surface area contributed by atoms with Crippen molar-refractivity contribution in [2.75, 3.05) is 13.7 Å². The standard InChI is InChI=1S/C14H21BN2O3/c1-19-15-14(18)13-8-7-12(9-16-13)17-20-10-11-5-3-2-4-6-11/h2-6,12-13,15-17H,7-10H2,1H3/t12-,13+/m1/s1. The highest BCUT2D eigenvalue weighted by Crippen LogP contribution is 2.09. The highest BCUT2D eigenvalue weighted by molar-refractivity contribution is 6.70. The van der Waals surface area contributed by atoms with Crippen LogP contribution in [0.4, 0.5) is 0 Å². The van der Waals surface area contributed by atoms with Gasteiger partial charge in [0.15, 0.2) is 0 Å². The number of carbonyl (C=O) groups is 1. The number of hydrogen-bond donors (Lipinski definition) is 2. The lowest BCUT2D eigenvalue weighted by atomic mass is 9.83. The molecule has 0 aliphatic carbocycles. The Kier molecular flexibility index (Phi) is 6.20. The van der Waals surface area contributed by atoms with E-state index in [1.165, 1.54) is 0 Å². The van der Waals surface area contributed by atoms with Gasteiger partial charge >= 0.3 is 7.48 Å². The maximum atomic E-state index is 11.7. The van der Waals surface area contributed by atoms with Gasteiger partial charge < -0.3 is 14.8 Å². The molecule has 0 saturated carbocycles. The Bertz CT molecular complexity index is 408. The van der Waals surface area contributed by atoms with Gasteiger partial charge in [-0.2, -0.15) is 5.48 Å². The molecule has 6 heteroatoms. The lowest BCUT2D eigenvalue weighted by Gasteiger charge is -2.29. The third-order valence-electron chi connectivity index (χ3n) is 3.42. The lowest BCUT2D eigenvalue weighted by molar-refractivity contribution is -0.115. The average Bonchev–Trinajstić information content (AvgIpc) is 2.49. The van der Waals surface area contributed by atoms with Crippen molar-refractivity contribution >= 4 is 13.2 Å². The van der Waals surface area contributed by atoms with Gasteiger partial charge in [0.25, 0.3) is 0 Å². The number of carbonyl (C=O) groups excluding carboxylic acids is 1. The Labute approximate surface area is 120 Å². The molecule has 2 N–H and O–H groups in total. The molecule has 1 aromatic carbocycles. The van der Waals surface area contributed by atoms with E-state index in [0.29, 0.717) is 6.61 Å². The van der Waals surface area contributed by atoms with Crippen LogP contribution in [-0.2, 0) is 20.9 Å². The fourth-order valence-corrected chi connectivity index (χ4v) is 2.29. The summed E-state index contributed by atoms with van der Waals surface area (Å²) < 4.78 is 4.87. The van der Waals surface area contributed by atoms with E-state index in [0.717, 1.165) is 24.9 Å². The topological polar surface area (TPSA) is 59.6 Å². The molecule has 1 aliphatic rings. The Morgan fingerprint density at radius 1 is 1.40 bits per heavy atom. The van der Waals surface area contributed by atoms with Crippen molar-refractivity contribution in [2.45, 2.75) is 31.5 Å². The minimum Gasteiger partial charge on any atom is -0.434 e. The second-order valence-electron chi connectivity index (χ2n) is 5.03. The molecule has 0 aromatic heterocycles. The van der Waals surface area contributed by atoms with E-state index in [1.807, 2.05) is 30.3 Å². The molecule has 5 nitrogen and oxygen atoms in total. The number of hydroxylamine groups is 1. The first-order valence-corrected chi connectivity index (χ1v) is 6.96. The number of nitrogens with one attached hydrogen (secondary N) is 2. The average molecular weight is 276 g/mol. The number of piperidine rings is 1. The van der Waals surface area contributed by atoms with E-state index in [4.69, 9.17) is 9.49 Å². The van der Waals surface area contributed by atoms with Crippen LogP contribution < -0.4 is 10.8 Å². The van der Waals surface area contributed by atoms with Crippen molar-refractivity contribution in [2.24, 2.45) is 0 Å². The van der Waals surface area contributed by atoms with Crippen molar-refractivity contribution in [3.63, 3.8) is 0 Å². The van der Waals surface area contributed by atoms with Crippen LogP contribution in [0.2, 0.25) is 0 Å². The normalized spacial score (nSPS) is 22.4. The molecule has 0 amide bonds. The summed E-state index contributed by atoms with van der Waals surface area (Å²) in [4.78, 5) is 17.2. The number of benzene rings is 1. The van der Waals surface area contributed by atoms with E-state index in [9.17, 15) is 4.79 Å². The van der Waals surface area contributed by atoms with Gasteiger partial charge in [0, 0.05) is 19.7 Å². The van der Waals surface area contributed by atoms with Gasteiger partial charge in [-0.25, -0.2) is 0 Å². The monoisotopic (exact) mass is 276 g/mol. The van der Waals surface area contributed by atoms with Crippen LogP contribution in [0.1, 0.15) is 18.4 Å². The molecule has 0 bridgehead atoms. The molecule has 0 radical (unpaired) electrons. The number of hydrogen-bond acceptors (Lipinski definition) is 5. The van der Waals surface area contributed by atoms with Crippen molar-refractivity contribution in [1.82, 2.24) is 10.8 Å². The van der Waals surface area contributed by atoms with Crippen molar-refractivity contribution in [3.05, 3.63) is 35.9 Å². The summed E-state index contributed by atoms with van der Waals surface area (Å²) in [5.41, 5.74) is 4.31. The second-order valence-corrected chi connectivity index (χ2v) is 5.03. The van der Waals surface area contributed by atoms with Gasteiger partial charge in [-0.3, -0.25) is 4.84 Å². The first-order valence-electron chi connectivity index (χ1n) is 6.96. The zero-order chi connectivity index (χ0) is 14.2. The van der Waals surface area contributed by atoms with E-state index in [-0.39, 0.29) is 25.2 Å². The molecule has 1 fully saturated rings. The minimum absolute atomic E-state index is 0.0814. The highest BCUT2D eigenvalue weighted by atomic mass is 16.6. The summed E-state index contributed by atoms with van der Waals surface area (Å²) in [6, 6.07) is 10.2. The Morgan fingerprint density at radius 3 is 2.85 bits per heavy atom. The predicted molar refractivity (Wildman–Crippen MR) is 78.3 cm³/mol. The smallest absolute Gasteiger partial charge is 0.353 e. The summed E-state index contributed by atoms with van der Waals surface area (Å²) in [7, 11) is 1.72. The minimum atomic E-state index is -0.0814. The van der Waals surface area contributed by atoms with E-state index in [1.54, 1.807) is 7.11 Å². The van der Waals surface area contributed by atoms with E-state index >= 15 is 0 Å². The Hall–Kier alpha value is -1.21. The summed E-state index contributed by atoms with van der Waals surface area (Å²) >= 11 is 0. The predicted octanol–water partition coefficient (Wildman–Crippen LogP) is 0.353. The van der Waals surface area contributed by atoms with Crippen LogP contribution >= 0.6 is 0 Å². The van der Waals surface area contributed by atoms with Gasteiger partial charge in [0.2, 0.25) is 0 Å². The highest BCUT2D eigenvalue weighted by Gasteiger charge is 2.25. The zero-order valence-electron chi connectivity index (χ0n) is 11.8. The Morgan fingerprint density at radius 2 is 2.20 bits per heavy atom. The van der Waals surface area contributed by atoms with E-state index in [2.05, 4.69) is 10.8 Å². The molecule has 0 spiro atoms. The Balaban J connectivity index is 1.63. The van der Waals surface area contributed by atoms with Gasteiger partial charge in [-0.1, -0.05) is 30.3 Å². The van der Waals surface area contributed by atoms with Crippen molar-refractivity contribution < 1.29 is 14.3 Å². The van der Waals surface area contributed by atoms with Gasteiger partial charge in [0.1, 0.15) is 5.68 Å². The fraction of sp³-hybridized carbons (Fsp3) is 0.500. The van der Waals surface area contributed by atoms with Crippen molar-refractivity contribution in [1.29, 1.82) is 0 Å². The molecule has 1 aliphatic heterocycles. The zero-order valence-corrected chi connectivity index (χ0v) is 11.8. The molecular weight excluding hydrogens is 255 g/mol. The molecule has 2 atom stereocenters. The third kappa shape index (κ3) is 4.72. The summed E-state index contributed by atoms with van der Waals surface area (Å²) in [5, 5.41) is 3.23. The molecule has 1 saturated heterocycles. The first kappa shape index (κ1) is 15.2. The van der Waals surface area contributed by atoms with Crippen molar-refractivity contribution in [3.8, 4) is 0 Å². The molecule has 20 heavy (non-hydrogen) atoms. The molecule has 2 rings (SSSR count). The largest absolute Gasteiger partial charge is 0.434 e. The lowest BCUT2D eigenvalue weighted by Crippen LogP contribution is -2.51. The van der Waals surface area contributed by atoms with Gasteiger partial charge in [0.05, 0.1) is 12.6 Å². The molecular formula is C14H21BN2O3. The first-order chi connectivity index (χ1) is 9.79. The molecule has 108 valence electrons. The SMILES string of the molecule is COBC(=O)[C@@H]1CC[C@@H](NOCc2ccccc2)CN1. The maximum absolute atomic E-state index is 11.7. The molecule has 1 aromatic rings. The quantitative estimate of drug-likeness (QED) is 0.556. The van der Waals surface area contributed by atoms with Crippen LogP contribution in [-0.4, -0.2) is 38.9 Å². The molecule has 0 unspecified atom stereocenters. The van der Waals surface area contributed by atoms with Crippen LogP contribution in [0.25, 0.3) is 0 Å². The fourth-order valence-electron chi connectivity index (χ4n) is 2.29. The number of rotatable bonds is 7. The van der Waals surface area contributed by atoms with Crippen LogP contribution in [0.3, 0.4) is 0 Å². The van der Waals surface area contributed by atoms with Crippen LogP contribution in [0.15, 0.2) is 30.3 Å². The van der Waals surface area contributed by atoms with Crippen LogP contribution in [0.5, 0.6) is 0 Å². The van der Waals surface area contributed by atoms with Gasteiger partial charge in [-0.05, 0) is 18.4 Å².